The molecule has 16 heavy (non-hydrogen) atoms. The highest BCUT2D eigenvalue weighted by Crippen LogP contribution is 2.23. The zero-order valence-electron chi connectivity index (χ0n) is 9.91. The fourth-order valence-electron chi connectivity index (χ4n) is 1.12. The molecule has 0 heterocycles. The summed E-state index contributed by atoms with van der Waals surface area (Å²) in [6.45, 7) is 6.50. The summed E-state index contributed by atoms with van der Waals surface area (Å²) in [5, 5.41) is 3.25. The molecular weight excluding hydrogens is 220 g/mol. The summed E-state index contributed by atoms with van der Waals surface area (Å²) in [5.74, 6) is 0.415. The van der Waals surface area contributed by atoms with E-state index in [2.05, 4.69) is 26.1 Å². The minimum atomic E-state index is -0.396. The number of nitrogens with two attached hydrogens (primary N) is 1. The van der Waals surface area contributed by atoms with Crippen LogP contribution in [-0.4, -0.2) is 16.5 Å². The summed E-state index contributed by atoms with van der Waals surface area (Å²) >= 11 is 1.82. The lowest BCUT2D eigenvalue weighted by atomic mass is 10.2. The van der Waals surface area contributed by atoms with Crippen LogP contribution in [0.25, 0.3) is 0 Å². The van der Waals surface area contributed by atoms with Gasteiger partial charge in [-0.3, -0.25) is 4.79 Å². The summed E-state index contributed by atoms with van der Waals surface area (Å²) in [6, 6.07) is 7.23. The first-order valence-electron chi connectivity index (χ1n) is 5.16. The van der Waals surface area contributed by atoms with Gasteiger partial charge in [-0.1, -0.05) is 26.8 Å². The van der Waals surface area contributed by atoms with Crippen LogP contribution >= 0.6 is 11.8 Å². The molecule has 4 heteroatoms. The van der Waals surface area contributed by atoms with Crippen LogP contribution in [0.2, 0.25) is 0 Å². The average molecular weight is 238 g/mol. The Morgan fingerprint density at radius 3 is 2.69 bits per heavy atom. The first-order chi connectivity index (χ1) is 7.38. The maximum atomic E-state index is 11.0. The Hall–Kier alpha value is -1.16. The van der Waals surface area contributed by atoms with Crippen molar-refractivity contribution in [2.45, 2.75) is 25.5 Å². The number of benzene rings is 1. The van der Waals surface area contributed by atoms with Gasteiger partial charge in [-0.25, -0.2) is 0 Å². The number of rotatable bonds is 4. The van der Waals surface area contributed by atoms with Crippen molar-refractivity contribution in [1.82, 2.24) is 0 Å². The Labute approximate surface area is 101 Å². The van der Waals surface area contributed by atoms with Crippen molar-refractivity contribution in [3.63, 3.8) is 0 Å². The predicted octanol–water partition coefficient (Wildman–Crippen LogP) is 2.69. The van der Waals surface area contributed by atoms with E-state index in [1.165, 1.54) is 0 Å². The number of anilines is 1. The minimum absolute atomic E-state index is 0.230. The van der Waals surface area contributed by atoms with Crippen molar-refractivity contribution in [3.8, 4) is 0 Å². The second-order valence-corrected chi connectivity index (χ2v) is 6.32. The highest BCUT2D eigenvalue weighted by atomic mass is 32.2. The summed E-state index contributed by atoms with van der Waals surface area (Å²) in [4.78, 5) is 11.0. The lowest BCUT2D eigenvalue weighted by Gasteiger charge is -2.18. The fourth-order valence-corrected chi connectivity index (χ4v) is 1.79. The van der Waals surface area contributed by atoms with E-state index < -0.39 is 5.91 Å². The largest absolute Gasteiger partial charge is 0.376 e. The Morgan fingerprint density at radius 2 is 2.12 bits per heavy atom. The highest BCUT2D eigenvalue weighted by Gasteiger charge is 2.09. The molecule has 0 aromatic heterocycles. The molecule has 0 aliphatic rings. The quantitative estimate of drug-likeness (QED) is 0.793. The Bertz CT molecular complexity index is 372. The zero-order valence-corrected chi connectivity index (χ0v) is 10.7. The summed E-state index contributed by atoms with van der Waals surface area (Å²) in [7, 11) is 0. The third kappa shape index (κ3) is 4.57. The molecule has 3 nitrogen and oxygen atoms in total. The number of carbonyl (C=O) groups is 1. The highest BCUT2D eigenvalue weighted by molar-refractivity contribution is 8.00. The monoisotopic (exact) mass is 238 g/mol. The zero-order chi connectivity index (χ0) is 12.2. The van der Waals surface area contributed by atoms with Crippen molar-refractivity contribution >= 4 is 23.4 Å². The summed E-state index contributed by atoms with van der Waals surface area (Å²) in [5.41, 5.74) is 6.67. The lowest BCUT2D eigenvalue weighted by Crippen LogP contribution is -2.13. The second-order valence-electron chi connectivity index (χ2n) is 4.52. The SMILES string of the molecule is CC(C)(C)SCNc1cccc(C(N)=O)c1. The van der Waals surface area contributed by atoms with E-state index in [4.69, 9.17) is 5.73 Å². The topological polar surface area (TPSA) is 55.1 Å². The van der Waals surface area contributed by atoms with Gasteiger partial charge in [0.2, 0.25) is 5.91 Å². The normalized spacial score (nSPS) is 11.2. The number of thioether (sulfide) groups is 1. The van der Waals surface area contributed by atoms with E-state index in [-0.39, 0.29) is 4.75 Å². The van der Waals surface area contributed by atoms with Crippen LogP contribution in [0.3, 0.4) is 0 Å². The Kier molecular flexibility index (Phi) is 4.24. The van der Waals surface area contributed by atoms with E-state index in [1.807, 2.05) is 23.9 Å². The first-order valence-corrected chi connectivity index (χ1v) is 6.15. The molecule has 0 spiro atoms. The molecule has 0 unspecified atom stereocenters. The minimum Gasteiger partial charge on any atom is -0.376 e. The molecule has 1 aromatic carbocycles. The molecule has 0 atom stereocenters. The molecule has 1 aromatic rings. The van der Waals surface area contributed by atoms with Crippen LogP contribution in [0.4, 0.5) is 5.69 Å². The molecule has 0 saturated heterocycles. The molecule has 1 rings (SSSR count). The van der Waals surface area contributed by atoms with Gasteiger partial charge in [0.05, 0.1) is 5.88 Å². The fraction of sp³-hybridized carbons (Fsp3) is 0.417. The third-order valence-corrected chi connectivity index (χ3v) is 3.08. The molecule has 1 amide bonds. The molecule has 0 bridgehead atoms. The van der Waals surface area contributed by atoms with E-state index in [0.717, 1.165) is 11.6 Å². The third-order valence-electron chi connectivity index (χ3n) is 1.93. The van der Waals surface area contributed by atoms with Crippen molar-refractivity contribution < 1.29 is 4.79 Å². The van der Waals surface area contributed by atoms with Crippen LogP contribution in [0, 0.1) is 0 Å². The number of carbonyl (C=O) groups excluding carboxylic acids is 1. The number of hydrogen-bond acceptors (Lipinski definition) is 3. The van der Waals surface area contributed by atoms with Gasteiger partial charge >= 0.3 is 0 Å². The van der Waals surface area contributed by atoms with Crippen LogP contribution in [-0.2, 0) is 0 Å². The molecule has 0 radical (unpaired) electrons. The summed E-state index contributed by atoms with van der Waals surface area (Å²) in [6.07, 6.45) is 0. The van der Waals surface area contributed by atoms with Gasteiger partial charge in [-0.2, -0.15) is 0 Å². The molecule has 3 N–H and O–H groups in total. The van der Waals surface area contributed by atoms with Gasteiger partial charge in [0.15, 0.2) is 0 Å². The smallest absolute Gasteiger partial charge is 0.248 e. The van der Waals surface area contributed by atoms with Gasteiger partial charge in [0, 0.05) is 16.0 Å². The Morgan fingerprint density at radius 1 is 1.44 bits per heavy atom. The second kappa shape index (κ2) is 5.25. The maximum Gasteiger partial charge on any atom is 0.248 e. The lowest BCUT2D eigenvalue weighted by molar-refractivity contribution is 0.100. The van der Waals surface area contributed by atoms with Gasteiger partial charge in [-0.15, -0.1) is 11.8 Å². The van der Waals surface area contributed by atoms with E-state index in [1.54, 1.807) is 12.1 Å². The van der Waals surface area contributed by atoms with Crippen LogP contribution < -0.4 is 11.1 Å². The van der Waals surface area contributed by atoms with Crippen LogP contribution in [0.1, 0.15) is 31.1 Å². The van der Waals surface area contributed by atoms with E-state index in [9.17, 15) is 4.79 Å². The molecular formula is C12H18N2OS. The predicted molar refractivity (Wildman–Crippen MR) is 70.8 cm³/mol. The number of amides is 1. The summed E-state index contributed by atoms with van der Waals surface area (Å²) < 4.78 is 0.230. The molecule has 0 aliphatic heterocycles. The van der Waals surface area contributed by atoms with Gasteiger partial charge < -0.3 is 11.1 Å². The van der Waals surface area contributed by atoms with Crippen LogP contribution in [0.15, 0.2) is 24.3 Å². The van der Waals surface area contributed by atoms with Crippen LogP contribution in [0.5, 0.6) is 0 Å². The van der Waals surface area contributed by atoms with Gasteiger partial charge in [0.1, 0.15) is 0 Å². The number of hydrogen-bond donors (Lipinski definition) is 2. The molecule has 0 aliphatic carbocycles. The van der Waals surface area contributed by atoms with Crippen molar-refractivity contribution in [2.24, 2.45) is 5.73 Å². The van der Waals surface area contributed by atoms with Crippen molar-refractivity contribution in [1.29, 1.82) is 0 Å². The van der Waals surface area contributed by atoms with E-state index >= 15 is 0 Å². The van der Waals surface area contributed by atoms with Crippen molar-refractivity contribution in [2.75, 3.05) is 11.2 Å². The molecule has 0 saturated carbocycles. The molecule has 0 fully saturated rings. The maximum absolute atomic E-state index is 11.0. The van der Waals surface area contributed by atoms with Gasteiger partial charge in [0.25, 0.3) is 0 Å². The van der Waals surface area contributed by atoms with E-state index in [0.29, 0.717) is 5.56 Å². The Balaban J connectivity index is 2.55. The first kappa shape index (κ1) is 12.9. The standard InChI is InChI=1S/C12H18N2OS/c1-12(2,3)16-8-14-10-6-4-5-9(7-10)11(13)15/h4-7,14H,8H2,1-3H3,(H2,13,15). The van der Waals surface area contributed by atoms with Crippen molar-refractivity contribution in [3.05, 3.63) is 29.8 Å². The average Bonchev–Trinajstić information content (AvgIpc) is 2.16. The van der Waals surface area contributed by atoms with Gasteiger partial charge in [-0.05, 0) is 18.2 Å². The molecule has 88 valence electrons. The number of primary amides is 1. The number of nitrogens with one attached hydrogen (secondary N) is 1.